The molecular formula is C13H20BrN3O2S. The van der Waals surface area contributed by atoms with Crippen LogP contribution >= 0.6 is 15.9 Å². The third kappa shape index (κ3) is 3.15. The fraction of sp³-hybridized carbons (Fsp3) is 0.615. The molecule has 1 aliphatic carbocycles. The molecule has 0 amide bonds. The molecule has 1 aromatic heterocycles. The summed E-state index contributed by atoms with van der Waals surface area (Å²) in [7, 11) is -1.96. The molecule has 2 atom stereocenters. The van der Waals surface area contributed by atoms with E-state index in [0.29, 0.717) is 10.4 Å². The van der Waals surface area contributed by atoms with E-state index in [2.05, 4.69) is 27.8 Å². The first kappa shape index (κ1) is 15.7. The molecule has 0 spiro atoms. The van der Waals surface area contributed by atoms with Gasteiger partial charge in [0.1, 0.15) is 10.7 Å². The zero-order valence-corrected chi connectivity index (χ0v) is 14.1. The van der Waals surface area contributed by atoms with Crippen LogP contribution in [0.1, 0.15) is 32.6 Å². The fourth-order valence-corrected chi connectivity index (χ4v) is 4.69. The summed E-state index contributed by atoms with van der Waals surface area (Å²) in [6.07, 6.45) is 5.54. The Morgan fingerprint density at radius 2 is 2.15 bits per heavy atom. The van der Waals surface area contributed by atoms with Gasteiger partial charge in [-0.05, 0) is 40.8 Å². The highest BCUT2D eigenvalue weighted by atomic mass is 79.9. The van der Waals surface area contributed by atoms with Crippen molar-refractivity contribution >= 4 is 31.8 Å². The summed E-state index contributed by atoms with van der Waals surface area (Å²) >= 11 is 3.24. The Morgan fingerprint density at radius 1 is 1.45 bits per heavy atom. The molecule has 0 aliphatic heterocycles. The van der Waals surface area contributed by atoms with Crippen LogP contribution in [0.2, 0.25) is 0 Å². The zero-order chi connectivity index (χ0) is 14.9. The number of nitrogens with two attached hydrogens (primary N) is 1. The second kappa shape index (κ2) is 5.99. The van der Waals surface area contributed by atoms with Crippen molar-refractivity contribution in [1.29, 1.82) is 0 Å². The number of anilines is 1. The van der Waals surface area contributed by atoms with Crippen LogP contribution in [0.5, 0.6) is 0 Å². The molecule has 1 aliphatic rings. The standard InChI is InChI=1S/C13H20BrN3O2S/c1-9-4-3-5-11(6-9)17(2)20(18,19)12-7-10(14)8-16-13(12)15/h7-9,11H,3-6H2,1-2H3,(H2,15,16). The second-order valence-corrected chi connectivity index (χ2v) is 8.37. The van der Waals surface area contributed by atoms with Gasteiger partial charge in [0, 0.05) is 23.8 Å². The Kier molecular flexibility index (Phi) is 4.71. The summed E-state index contributed by atoms with van der Waals surface area (Å²) in [5.41, 5.74) is 5.73. The van der Waals surface area contributed by atoms with Crippen LogP contribution in [0.3, 0.4) is 0 Å². The van der Waals surface area contributed by atoms with E-state index in [1.165, 1.54) is 23.0 Å². The number of pyridine rings is 1. The Balaban J connectivity index is 2.31. The van der Waals surface area contributed by atoms with Crippen LogP contribution in [0, 0.1) is 5.92 Å². The summed E-state index contributed by atoms with van der Waals surface area (Å²) in [5, 5.41) is 0. The van der Waals surface area contributed by atoms with E-state index >= 15 is 0 Å². The molecule has 1 heterocycles. The molecule has 2 rings (SSSR count). The van der Waals surface area contributed by atoms with Crippen molar-refractivity contribution in [2.45, 2.75) is 43.5 Å². The predicted molar refractivity (Wildman–Crippen MR) is 82.7 cm³/mol. The topological polar surface area (TPSA) is 76.3 Å². The van der Waals surface area contributed by atoms with E-state index < -0.39 is 10.0 Å². The summed E-state index contributed by atoms with van der Waals surface area (Å²) < 4.78 is 27.5. The summed E-state index contributed by atoms with van der Waals surface area (Å²) in [4.78, 5) is 3.99. The van der Waals surface area contributed by atoms with Gasteiger partial charge in [-0.15, -0.1) is 0 Å². The highest BCUT2D eigenvalue weighted by molar-refractivity contribution is 9.10. The first-order chi connectivity index (χ1) is 9.32. The van der Waals surface area contributed by atoms with Crippen LogP contribution in [-0.2, 0) is 10.0 Å². The monoisotopic (exact) mass is 361 g/mol. The molecule has 1 aromatic rings. The maximum Gasteiger partial charge on any atom is 0.246 e. The van der Waals surface area contributed by atoms with Crippen LogP contribution in [0.15, 0.2) is 21.6 Å². The average molecular weight is 362 g/mol. The van der Waals surface area contributed by atoms with Crippen LogP contribution in [0.4, 0.5) is 5.82 Å². The molecule has 20 heavy (non-hydrogen) atoms. The van der Waals surface area contributed by atoms with Gasteiger partial charge in [-0.1, -0.05) is 19.8 Å². The van der Waals surface area contributed by atoms with Crippen molar-refractivity contribution < 1.29 is 8.42 Å². The van der Waals surface area contributed by atoms with Crippen LogP contribution in [-0.4, -0.2) is 30.8 Å². The molecule has 7 heteroatoms. The first-order valence-electron chi connectivity index (χ1n) is 6.71. The molecule has 5 nitrogen and oxygen atoms in total. The molecule has 2 unspecified atom stereocenters. The fourth-order valence-electron chi connectivity index (χ4n) is 2.72. The van der Waals surface area contributed by atoms with Gasteiger partial charge < -0.3 is 5.73 Å². The highest BCUT2D eigenvalue weighted by Crippen LogP contribution is 2.31. The lowest BCUT2D eigenvalue weighted by Crippen LogP contribution is -2.40. The Labute approximate surface area is 128 Å². The highest BCUT2D eigenvalue weighted by Gasteiger charge is 2.32. The van der Waals surface area contributed by atoms with Gasteiger partial charge in [0.25, 0.3) is 0 Å². The third-order valence-electron chi connectivity index (χ3n) is 3.93. The molecule has 1 saturated carbocycles. The summed E-state index contributed by atoms with van der Waals surface area (Å²) in [6.45, 7) is 2.17. The zero-order valence-electron chi connectivity index (χ0n) is 11.7. The number of aromatic nitrogens is 1. The number of nitrogens with zero attached hydrogens (tertiary/aromatic N) is 2. The van der Waals surface area contributed by atoms with Crippen LogP contribution < -0.4 is 5.73 Å². The molecule has 0 aromatic carbocycles. The van der Waals surface area contributed by atoms with Crippen molar-refractivity contribution in [1.82, 2.24) is 9.29 Å². The predicted octanol–water partition coefficient (Wildman–Crippen LogP) is 2.63. The van der Waals surface area contributed by atoms with Gasteiger partial charge in [0.2, 0.25) is 10.0 Å². The Bertz CT molecular complexity index is 591. The van der Waals surface area contributed by atoms with Gasteiger partial charge in [-0.2, -0.15) is 4.31 Å². The molecule has 2 N–H and O–H groups in total. The lowest BCUT2D eigenvalue weighted by molar-refractivity contribution is 0.239. The molecule has 112 valence electrons. The second-order valence-electron chi connectivity index (χ2n) is 5.48. The number of nitrogen functional groups attached to an aromatic ring is 1. The van der Waals surface area contributed by atoms with E-state index in [1.807, 2.05) is 0 Å². The van der Waals surface area contributed by atoms with E-state index in [9.17, 15) is 8.42 Å². The summed E-state index contributed by atoms with van der Waals surface area (Å²) in [6, 6.07) is 1.56. The quantitative estimate of drug-likeness (QED) is 0.897. The van der Waals surface area contributed by atoms with Crippen molar-refractivity contribution in [3.8, 4) is 0 Å². The van der Waals surface area contributed by atoms with E-state index in [0.717, 1.165) is 19.3 Å². The number of halogens is 1. The third-order valence-corrected chi connectivity index (χ3v) is 6.30. The number of hydrogen-bond donors (Lipinski definition) is 1. The van der Waals surface area contributed by atoms with E-state index in [-0.39, 0.29) is 16.8 Å². The summed E-state index contributed by atoms with van der Waals surface area (Å²) in [5.74, 6) is 0.605. The number of rotatable bonds is 3. The van der Waals surface area contributed by atoms with Crippen LogP contribution in [0.25, 0.3) is 0 Å². The van der Waals surface area contributed by atoms with Gasteiger partial charge in [-0.3, -0.25) is 0 Å². The molecule has 0 saturated heterocycles. The normalized spacial score (nSPS) is 24.0. The lowest BCUT2D eigenvalue weighted by Gasteiger charge is -2.33. The molecular weight excluding hydrogens is 342 g/mol. The van der Waals surface area contributed by atoms with E-state index in [1.54, 1.807) is 7.05 Å². The average Bonchev–Trinajstić information content (AvgIpc) is 2.40. The van der Waals surface area contributed by atoms with Crippen molar-refractivity contribution in [2.24, 2.45) is 5.92 Å². The van der Waals surface area contributed by atoms with Crippen molar-refractivity contribution in [3.05, 3.63) is 16.7 Å². The maximum atomic E-state index is 12.7. The first-order valence-corrected chi connectivity index (χ1v) is 8.94. The van der Waals surface area contributed by atoms with Gasteiger partial charge >= 0.3 is 0 Å². The minimum Gasteiger partial charge on any atom is -0.383 e. The SMILES string of the molecule is CC1CCCC(N(C)S(=O)(=O)c2cc(Br)cnc2N)C1. The van der Waals surface area contributed by atoms with Gasteiger partial charge in [0.05, 0.1) is 0 Å². The van der Waals surface area contributed by atoms with Gasteiger partial charge in [-0.25, -0.2) is 13.4 Å². The van der Waals surface area contributed by atoms with E-state index in [4.69, 9.17) is 5.73 Å². The minimum absolute atomic E-state index is 0.0436. The Morgan fingerprint density at radius 3 is 2.80 bits per heavy atom. The van der Waals surface area contributed by atoms with Crippen molar-refractivity contribution in [2.75, 3.05) is 12.8 Å². The lowest BCUT2D eigenvalue weighted by atomic mass is 9.87. The molecule has 1 fully saturated rings. The number of sulfonamides is 1. The molecule has 0 radical (unpaired) electrons. The minimum atomic E-state index is -3.60. The molecule has 0 bridgehead atoms. The largest absolute Gasteiger partial charge is 0.383 e. The Hall–Kier alpha value is -0.660. The number of hydrogen-bond acceptors (Lipinski definition) is 4. The van der Waals surface area contributed by atoms with Crippen molar-refractivity contribution in [3.63, 3.8) is 0 Å². The van der Waals surface area contributed by atoms with Gasteiger partial charge in [0.15, 0.2) is 0 Å². The smallest absolute Gasteiger partial charge is 0.246 e. The maximum absolute atomic E-state index is 12.7.